The van der Waals surface area contributed by atoms with Gasteiger partial charge in [0.1, 0.15) is 6.26 Å². The molecule has 4 heteroatoms. The highest BCUT2D eigenvalue weighted by atomic mass is 16.3. The Morgan fingerprint density at radius 2 is 1.89 bits per heavy atom. The van der Waals surface area contributed by atoms with Crippen LogP contribution < -0.4 is 5.32 Å². The third-order valence-corrected chi connectivity index (χ3v) is 7.44. The summed E-state index contributed by atoms with van der Waals surface area (Å²) in [6.07, 6.45) is 13.5. The largest absolute Gasteiger partial charge is 0.472 e. The number of carbonyl (C=O) groups excluding carboxylic acids is 1. The maximum Gasteiger partial charge on any atom is 0.255 e. The van der Waals surface area contributed by atoms with Crippen LogP contribution in [0.25, 0.3) is 0 Å². The molecule has 1 amide bonds. The van der Waals surface area contributed by atoms with E-state index in [2.05, 4.69) is 34.5 Å². The number of rotatable bonds is 3. The standard InChI is InChI=1S/C24H30N2O2.H2/c27-23(18-10-15-28-17-18)25-22-16-24(21-9-5-4-8-20(21)22)11-13-26(14-12-24)19-6-2-1-3-7-19;/h4-5,8-10,15,17,19,22H,1-3,6-7,11-14,16H2,(H,25,27);1H/t22-;/m0./s1. The van der Waals surface area contributed by atoms with Crippen LogP contribution in [0.4, 0.5) is 0 Å². The quantitative estimate of drug-likeness (QED) is 0.809. The van der Waals surface area contributed by atoms with Crippen molar-refractivity contribution in [3.63, 3.8) is 0 Å². The van der Waals surface area contributed by atoms with Gasteiger partial charge >= 0.3 is 0 Å². The van der Waals surface area contributed by atoms with E-state index in [-0.39, 0.29) is 18.8 Å². The summed E-state index contributed by atoms with van der Waals surface area (Å²) in [5.74, 6) is -0.0368. The molecule has 28 heavy (non-hydrogen) atoms. The predicted octanol–water partition coefficient (Wildman–Crippen LogP) is 5.07. The fraction of sp³-hybridized carbons (Fsp3) is 0.542. The van der Waals surface area contributed by atoms with Crippen molar-refractivity contribution in [1.29, 1.82) is 0 Å². The van der Waals surface area contributed by atoms with Gasteiger partial charge in [0.15, 0.2) is 0 Å². The molecular formula is C24H32N2O2. The van der Waals surface area contributed by atoms with Crippen LogP contribution in [0.3, 0.4) is 0 Å². The van der Waals surface area contributed by atoms with Crippen LogP contribution in [0.5, 0.6) is 0 Å². The Kier molecular flexibility index (Phi) is 4.75. The molecule has 1 spiro atoms. The molecule has 2 aromatic rings. The van der Waals surface area contributed by atoms with Gasteiger partial charge in [-0.3, -0.25) is 4.79 Å². The number of furan rings is 1. The highest BCUT2D eigenvalue weighted by Crippen LogP contribution is 2.51. The van der Waals surface area contributed by atoms with Crippen molar-refractivity contribution < 1.29 is 10.6 Å². The molecule has 150 valence electrons. The van der Waals surface area contributed by atoms with Crippen LogP contribution in [-0.2, 0) is 5.41 Å². The van der Waals surface area contributed by atoms with Crippen LogP contribution in [-0.4, -0.2) is 29.9 Å². The molecule has 5 rings (SSSR count). The Labute approximate surface area is 168 Å². The smallest absolute Gasteiger partial charge is 0.255 e. The Bertz CT molecular complexity index is 821. The molecule has 2 aliphatic carbocycles. The molecule has 0 radical (unpaired) electrons. The van der Waals surface area contributed by atoms with Crippen LogP contribution in [0, 0.1) is 0 Å². The first kappa shape index (κ1) is 18.0. The Morgan fingerprint density at radius 1 is 1.11 bits per heavy atom. The second-order valence-electron chi connectivity index (χ2n) is 8.94. The van der Waals surface area contributed by atoms with Crippen molar-refractivity contribution in [2.45, 2.75) is 68.9 Å². The van der Waals surface area contributed by atoms with Crippen LogP contribution in [0.2, 0.25) is 0 Å². The minimum absolute atomic E-state index is 0. The SMILES string of the molecule is O=C(N[C@H]1CC2(CCN(C3CCCCC3)CC2)c2ccccc21)c1ccoc1.[HH]. The van der Waals surface area contributed by atoms with Crippen LogP contribution in [0.1, 0.15) is 80.3 Å². The van der Waals surface area contributed by atoms with E-state index in [0.717, 1.165) is 12.5 Å². The molecule has 3 aliphatic rings. The normalized spacial score (nSPS) is 24.9. The molecule has 1 aromatic heterocycles. The van der Waals surface area contributed by atoms with Crippen molar-refractivity contribution >= 4 is 5.91 Å². The molecule has 1 N–H and O–H groups in total. The van der Waals surface area contributed by atoms with Gasteiger partial charge in [-0.15, -0.1) is 0 Å². The van der Waals surface area contributed by atoms with Crippen molar-refractivity contribution in [3.05, 3.63) is 59.5 Å². The molecule has 1 aromatic carbocycles. The lowest BCUT2D eigenvalue weighted by molar-refractivity contribution is 0.0855. The number of nitrogens with zero attached hydrogens (tertiary/aromatic N) is 1. The number of amides is 1. The first-order valence-electron chi connectivity index (χ1n) is 10.9. The summed E-state index contributed by atoms with van der Waals surface area (Å²) in [7, 11) is 0. The molecule has 1 atom stereocenters. The third-order valence-electron chi connectivity index (χ3n) is 7.44. The fourth-order valence-corrected chi connectivity index (χ4v) is 5.90. The molecular weight excluding hydrogens is 348 g/mol. The number of hydrogen-bond donors (Lipinski definition) is 1. The summed E-state index contributed by atoms with van der Waals surface area (Å²) in [6, 6.07) is 11.4. The van der Waals surface area contributed by atoms with Gasteiger partial charge < -0.3 is 14.6 Å². The van der Waals surface area contributed by atoms with Gasteiger partial charge in [0.25, 0.3) is 5.91 Å². The van der Waals surface area contributed by atoms with Crippen molar-refractivity contribution in [2.24, 2.45) is 0 Å². The van der Waals surface area contributed by atoms with Crippen molar-refractivity contribution in [1.82, 2.24) is 10.2 Å². The first-order chi connectivity index (χ1) is 13.8. The molecule has 2 heterocycles. The van der Waals surface area contributed by atoms with Crippen molar-refractivity contribution in [2.75, 3.05) is 13.1 Å². The van der Waals surface area contributed by atoms with Gasteiger partial charge in [0.05, 0.1) is 17.9 Å². The molecule has 0 unspecified atom stereocenters. The monoisotopic (exact) mass is 380 g/mol. The van der Waals surface area contributed by atoms with E-state index >= 15 is 0 Å². The zero-order valence-corrected chi connectivity index (χ0v) is 16.5. The highest BCUT2D eigenvalue weighted by Gasteiger charge is 2.46. The van der Waals surface area contributed by atoms with Crippen LogP contribution in [0.15, 0.2) is 47.3 Å². The lowest BCUT2D eigenvalue weighted by Gasteiger charge is -2.44. The van der Waals surface area contributed by atoms with E-state index in [1.807, 2.05) is 0 Å². The third kappa shape index (κ3) is 3.18. The number of likely N-dealkylation sites (tertiary alicyclic amines) is 1. The molecule has 1 saturated carbocycles. The summed E-state index contributed by atoms with van der Waals surface area (Å²) in [5.41, 5.74) is 3.60. The van der Waals surface area contributed by atoms with Gasteiger partial charge in [-0.25, -0.2) is 0 Å². The predicted molar refractivity (Wildman–Crippen MR) is 111 cm³/mol. The molecule has 1 aliphatic heterocycles. The number of benzene rings is 1. The van der Waals surface area contributed by atoms with Gasteiger partial charge in [-0.05, 0) is 62.4 Å². The van der Waals surface area contributed by atoms with E-state index in [0.29, 0.717) is 5.56 Å². The van der Waals surface area contributed by atoms with E-state index in [1.165, 1.54) is 75.4 Å². The molecule has 1 saturated heterocycles. The second kappa shape index (κ2) is 7.40. The maximum absolute atomic E-state index is 12.6. The Balaban J connectivity index is 0.00000205. The number of carbonyl (C=O) groups is 1. The summed E-state index contributed by atoms with van der Waals surface area (Å²) >= 11 is 0. The minimum atomic E-state index is -0.0368. The highest BCUT2D eigenvalue weighted by molar-refractivity contribution is 5.94. The number of hydrogen-bond acceptors (Lipinski definition) is 3. The summed E-state index contributed by atoms with van der Waals surface area (Å²) in [5, 5.41) is 3.27. The zero-order chi connectivity index (χ0) is 19.0. The maximum atomic E-state index is 12.6. The topological polar surface area (TPSA) is 45.5 Å². The van der Waals surface area contributed by atoms with Gasteiger partial charge in [0, 0.05) is 12.9 Å². The average Bonchev–Trinajstić information content (AvgIpc) is 3.38. The van der Waals surface area contributed by atoms with E-state index in [4.69, 9.17) is 4.42 Å². The summed E-state index contributed by atoms with van der Waals surface area (Å²) in [4.78, 5) is 15.4. The van der Waals surface area contributed by atoms with Crippen molar-refractivity contribution in [3.8, 4) is 0 Å². The first-order valence-corrected chi connectivity index (χ1v) is 10.9. The Hall–Kier alpha value is -2.07. The molecule has 0 bridgehead atoms. The zero-order valence-electron chi connectivity index (χ0n) is 16.5. The summed E-state index contributed by atoms with van der Waals surface area (Å²) in [6.45, 7) is 2.39. The lowest BCUT2D eigenvalue weighted by Crippen LogP contribution is -2.47. The van der Waals surface area contributed by atoms with E-state index in [9.17, 15) is 4.79 Å². The van der Waals surface area contributed by atoms with Gasteiger partial charge in [-0.2, -0.15) is 0 Å². The number of piperidine rings is 1. The van der Waals surface area contributed by atoms with E-state index < -0.39 is 0 Å². The van der Waals surface area contributed by atoms with E-state index in [1.54, 1.807) is 12.3 Å². The summed E-state index contributed by atoms with van der Waals surface area (Å²) < 4.78 is 5.08. The molecule has 2 fully saturated rings. The number of nitrogens with one attached hydrogen (secondary N) is 1. The average molecular weight is 381 g/mol. The Morgan fingerprint density at radius 3 is 2.64 bits per heavy atom. The van der Waals surface area contributed by atoms with Crippen LogP contribution >= 0.6 is 0 Å². The lowest BCUT2D eigenvalue weighted by atomic mass is 9.73. The minimum Gasteiger partial charge on any atom is -0.472 e. The molecule has 4 nitrogen and oxygen atoms in total. The van der Waals surface area contributed by atoms with Gasteiger partial charge in [0.2, 0.25) is 0 Å². The second-order valence-corrected chi connectivity index (χ2v) is 8.94. The fourth-order valence-electron chi connectivity index (χ4n) is 5.90. The number of fused-ring (bicyclic) bond motifs is 2. The van der Waals surface area contributed by atoms with Gasteiger partial charge in [-0.1, -0.05) is 43.5 Å².